The molecule has 0 amide bonds. The molecule has 3 nitrogen and oxygen atoms in total. The molecule has 18 heavy (non-hydrogen) atoms. The second-order valence-corrected chi connectivity index (χ2v) is 4.87. The highest BCUT2D eigenvalue weighted by Crippen LogP contribution is 2.23. The topological polar surface area (TPSA) is 50.9 Å². The minimum absolute atomic E-state index is 0.0548. The first-order valence-corrected chi connectivity index (χ1v) is 6.66. The SMILES string of the molecule is NNC(c1ccsc1)c1ccc2ccccc2n1. The number of nitrogens with two attached hydrogens (primary N) is 1. The van der Waals surface area contributed by atoms with Crippen molar-refractivity contribution < 1.29 is 0 Å². The van der Waals surface area contributed by atoms with Gasteiger partial charge in [0.25, 0.3) is 0 Å². The van der Waals surface area contributed by atoms with E-state index in [9.17, 15) is 0 Å². The van der Waals surface area contributed by atoms with Crippen LogP contribution >= 0.6 is 11.3 Å². The van der Waals surface area contributed by atoms with Crippen molar-refractivity contribution in [3.05, 3.63) is 64.5 Å². The molecule has 0 saturated carbocycles. The van der Waals surface area contributed by atoms with Crippen LogP contribution in [0.1, 0.15) is 17.3 Å². The first-order chi connectivity index (χ1) is 8.88. The van der Waals surface area contributed by atoms with E-state index in [2.05, 4.69) is 34.0 Å². The molecule has 0 radical (unpaired) electrons. The molecule has 2 aromatic heterocycles. The Morgan fingerprint density at radius 1 is 1.11 bits per heavy atom. The molecule has 1 aromatic carbocycles. The normalized spacial score (nSPS) is 12.7. The van der Waals surface area contributed by atoms with E-state index in [1.54, 1.807) is 11.3 Å². The molecule has 0 saturated heterocycles. The van der Waals surface area contributed by atoms with Crippen LogP contribution in [0.2, 0.25) is 0 Å². The van der Waals surface area contributed by atoms with E-state index in [1.165, 1.54) is 0 Å². The molecule has 0 fully saturated rings. The maximum absolute atomic E-state index is 5.65. The van der Waals surface area contributed by atoms with Crippen LogP contribution < -0.4 is 11.3 Å². The first kappa shape index (κ1) is 11.3. The van der Waals surface area contributed by atoms with Gasteiger partial charge in [-0.2, -0.15) is 11.3 Å². The van der Waals surface area contributed by atoms with Crippen LogP contribution in [0.15, 0.2) is 53.2 Å². The van der Waals surface area contributed by atoms with E-state index >= 15 is 0 Å². The van der Waals surface area contributed by atoms with Crippen molar-refractivity contribution in [2.45, 2.75) is 6.04 Å². The molecular formula is C14H13N3S. The van der Waals surface area contributed by atoms with Crippen LogP contribution in [-0.4, -0.2) is 4.98 Å². The lowest BCUT2D eigenvalue weighted by Gasteiger charge is -2.14. The Bertz CT molecular complexity index is 649. The molecule has 1 unspecified atom stereocenters. The largest absolute Gasteiger partial charge is 0.271 e. The Morgan fingerprint density at radius 2 is 2.00 bits per heavy atom. The van der Waals surface area contributed by atoms with Crippen LogP contribution in [-0.2, 0) is 0 Å². The second-order valence-electron chi connectivity index (χ2n) is 4.09. The number of hydrogen-bond donors (Lipinski definition) is 2. The van der Waals surface area contributed by atoms with E-state index in [0.29, 0.717) is 0 Å². The van der Waals surface area contributed by atoms with Gasteiger partial charge in [-0.15, -0.1) is 0 Å². The first-order valence-electron chi connectivity index (χ1n) is 5.72. The molecule has 4 heteroatoms. The van der Waals surface area contributed by atoms with Gasteiger partial charge >= 0.3 is 0 Å². The zero-order valence-electron chi connectivity index (χ0n) is 9.71. The van der Waals surface area contributed by atoms with Gasteiger partial charge in [-0.1, -0.05) is 24.3 Å². The number of benzene rings is 1. The van der Waals surface area contributed by atoms with Crippen LogP contribution in [0.4, 0.5) is 0 Å². The molecular weight excluding hydrogens is 242 g/mol. The summed E-state index contributed by atoms with van der Waals surface area (Å²) in [5, 5.41) is 5.27. The molecule has 0 bridgehead atoms. The number of para-hydroxylation sites is 1. The molecule has 3 N–H and O–H groups in total. The Labute approximate surface area is 109 Å². The van der Waals surface area contributed by atoms with E-state index in [4.69, 9.17) is 5.84 Å². The number of fused-ring (bicyclic) bond motifs is 1. The zero-order valence-corrected chi connectivity index (χ0v) is 10.5. The van der Waals surface area contributed by atoms with Crippen LogP contribution in [0.25, 0.3) is 10.9 Å². The van der Waals surface area contributed by atoms with Gasteiger partial charge in [-0.25, -0.2) is 5.43 Å². The Morgan fingerprint density at radius 3 is 2.78 bits per heavy atom. The number of pyridine rings is 1. The van der Waals surface area contributed by atoms with Gasteiger partial charge in [0, 0.05) is 5.39 Å². The molecule has 2 heterocycles. The van der Waals surface area contributed by atoms with Crippen LogP contribution in [0.5, 0.6) is 0 Å². The summed E-state index contributed by atoms with van der Waals surface area (Å²) in [5.74, 6) is 5.65. The highest BCUT2D eigenvalue weighted by molar-refractivity contribution is 7.08. The number of nitrogens with zero attached hydrogens (tertiary/aromatic N) is 1. The second kappa shape index (κ2) is 4.86. The van der Waals surface area contributed by atoms with Crippen molar-refractivity contribution in [3.8, 4) is 0 Å². The van der Waals surface area contributed by atoms with Gasteiger partial charge in [-0.3, -0.25) is 10.8 Å². The maximum Gasteiger partial charge on any atom is 0.0889 e. The number of aromatic nitrogens is 1. The smallest absolute Gasteiger partial charge is 0.0889 e. The fourth-order valence-electron chi connectivity index (χ4n) is 2.03. The lowest BCUT2D eigenvalue weighted by Crippen LogP contribution is -2.29. The Balaban J connectivity index is 2.07. The van der Waals surface area contributed by atoms with Gasteiger partial charge in [0.2, 0.25) is 0 Å². The van der Waals surface area contributed by atoms with Crippen LogP contribution in [0.3, 0.4) is 0 Å². The summed E-state index contributed by atoms with van der Waals surface area (Å²) >= 11 is 1.66. The van der Waals surface area contributed by atoms with E-state index < -0.39 is 0 Å². The van der Waals surface area contributed by atoms with E-state index in [0.717, 1.165) is 22.2 Å². The molecule has 0 aliphatic rings. The lowest BCUT2D eigenvalue weighted by molar-refractivity contribution is 0.625. The zero-order chi connectivity index (χ0) is 12.4. The van der Waals surface area contributed by atoms with Crippen molar-refractivity contribution in [1.29, 1.82) is 0 Å². The van der Waals surface area contributed by atoms with Crippen molar-refractivity contribution in [2.75, 3.05) is 0 Å². The number of hydrazine groups is 1. The van der Waals surface area contributed by atoms with Gasteiger partial charge in [-0.05, 0) is 34.5 Å². The summed E-state index contributed by atoms with van der Waals surface area (Å²) in [7, 11) is 0. The summed E-state index contributed by atoms with van der Waals surface area (Å²) in [4.78, 5) is 4.66. The number of thiophene rings is 1. The molecule has 3 aromatic rings. The number of rotatable bonds is 3. The van der Waals surface area contributed by atoms with Crippen molar-refractivity contribution in [1.82, 2.24) is 10.4 Å². The molecule has 90 valence electrons. The fraction of sp³-hybridized carbons (Fsp3) is 0.0714. The van der Waals surface area contributed by atoms with Gasteiger partial charge in [0.1, 0.15) is 0 Å². The van der Waals surface area contributed by atoms with Crippen molar-refractivity contribution >= 4 is 22.2 Å². The highest BCUT2D eigenvalue weighted by atomic mass is 32.1. The summed E-state index contributed by atoms with van der Waals surface area (Å²) in [6.07, 6.45) is 0. The minimum Gasteiger partial charge on any atom is -0.271 e. The van der Waals surface area contributed by atoms with E-state index in [1.807, 2.05) is 29.6 Å². The minimum atomic E-state index is -0.0548. The predicted molar refractivity (Wildman–Crippen MR) is 75.2 cm³/mol. The van der Waals surface area contributed by atoms with Gasteiger partial charge in [0.05, 0.1) is 17.3 Å². The third-order valence-corrected chi connectivity index (χ3v) is 3.66. The van der Waals surface area contributed by atoms with Crippen LogP contribution in [0, 0.1) is 0 Å². The quantitative estimate of drug-likeness (QED) is 0.559. The maximum atomic E-state index is 5.65. The predicted octanol–water partition coefficient (Wildman–Crippen LogP) is 2.85. The molecule has 1 atom stereocenters. The lowest BCUT2D eigenvalue weighted by atomic mass is 10.1. The fourth-order valence-corrected chi connectivity index (χ4v) is 2.72. The Hall–Kier alpha value is -1.75. The molecule has 3 rings (SSSR count). The van der Waals surface area contributed by atoms with E-state index in [-0.39, 0.29) is 6.04 Å². The third kappa shape index (κ3) is 2.01. The van der Waals surface area contributed by atoms with Gasteiger partial charge in [0.15, 0.2) is 0 Å². The standard InChI is InChI=1S/C14H13N3S/c15-17-14(11-7-8-18-9-11)13-6-5-10-3-1-2-4-12(10)16-13/h1-9,14,17H,15H2. The summed E-state index contributed by atoms with van der Waals surface area (Å²) < 4.78 is 0. The third-order valence-electron chi connectivity index (χ3n) is 2.96. The summed E-state index contributed by atoms with van der Waals surface area (Å²) in [5.41, 5.74) is 5.90. The summed E-state index contributed by atoms with van der Waals surface area (Å²) in [6, 6.07) is 14.2. The van der Waals surface area contributed by atoms with Crippen molar-refractivity contribution in [3.63, 3.8) is 0 Å². The number of hydrogen-bond acceptors (Lipinski definition) is 4. The number of nitrogens with one attached hydrogen (secondary N) is 1. The molecule has 0 aliphatic heterocycles. The Kier molecular flexibility index (Phi) is 3.06. The average Bonchev–Trinajstić information content (AvgIpc) is 2.93. The molecule has 0 aliphatic carbocycles. The van der Waals surface area contributed by atoms with Gasteiger partial charge < -0.3 is 0 Å². The molecule has 0 spiro atoms. The monoisotopic (exact) mass is 255 g/mol. The summed E-state index contributed by atoms with van der Waals surface area (Å²) in [6.45, 7) is 0. The average molecular weight is 255 g/mol. The van der Waals surface area contributed by atoms with Crippen molar-refractivity contribution in [2.24, 2.45) is 5.84 Å². The highest BCUT2D eigenvalue weighted by Gasteiger charge is 2.14.